The van der Waals surface area contributed by atoms with Crippen molar-refractivity contribution in [2.75, 3.05) is 11.4 Å². The van der Waals surface area contributed by atoms with Crippen molar-refractivity contribution in [2.24, 2.45) is 4.99 Å². The third-order valence-electron chi connectivity index (χ3n) is 5.82. The van der Waals surface area contributed by atoms with Crippen LogP contribution in [-0.2, 0) is 11.2 Å². The third-order valence-corrected chi connectivity index (χ3v) is 5.82. The van der Waals surface area contributed by atoms with E-state index in [0.29, 0.717) is 19.4 Å². The van der Waals surface area contributed by atoms with Gasteiger partial charge in [0.15, 0.2) is 0 Å². The highest BCUT2D eigenvalue weighted by molar-refractivity contribution is 6.12. The lowest BCUT2D eigenvalue weighted by molar-refractivity contribution is 0.0554. The topological polar surface area (TPSA) is 65.7 Å². The summed E-state index contributed by atoms with van der Waals surface area (Å²) in [6.07, 6.45) is 0.329. The summed E-state index contributed by atoms with van der Waals surface area (Å²) >= 11 is 0. The zero-order valence-electron chi connectivity index (χ0n) is 19.9. The van der Waals surface area contributed by atoms with E-state index in [1.165, 1.54) is 4.90 Å². The van der Waals surface area contributed by atoms with Gasteiger partial charge < -0.3 is 4.74 Å². The van der Waals surface area contributed by atoms with Crippen molar-refractivity contribution >= 4 is 17.5 Å². The van der Waals surface area contributed by atoms with Crippen molar-refractivity contribution in [3.8, 4) is 6.07 Å². The minimum atomic E-state index is -1.06. The molecule has 3 aromatic rings. The van der Waals surface area contributed by atoms with Crippen LogP contribution in [-0.4, -0.2) is 29.5 Å². The van der Waals surface area contributed by atoms with Crippen LogP contribution < -0.4 is 4.90 Å². The second-order valence-corrected chi connectivity index (χ2v) is 9.48. The molecule has 1 atom stereocenters. The molecule has 0 spiro atoms. The fourth-order valence-corrected chi connectivity index (χ4v) is 4.32. The molecule has 0 radical (unpaired) electrons. The van der Waals surface area contributed by atoms with Crippen LogP contribution in [0.2, 0.25) is 0 Å². The Morgan fingerprint density at radius 1 is 0.971 bits per heavy atom. The fourth-order valence-electron chi connectivity index (χ4n) is 4.32. The summed E-state index contributed by atoms with van der Waals surface area (Å²) in [5.74, 6) is 0. The number of anilines is 1. The maximum atomic E-state index is 13.3. The van der Waals surface area contributed by atoms with Crippen LogP contribution in [0.15, 0.2) is 89.9 Å². The molecule has 0 aromatic heterocycles. The van der Waals surface area contributed by atoms with E-state index in [1.807, 2.05) is 106 Å². The van der Waals surface area contributed by atoms with Gasteiger partial charge in [-0.1, -0.05) is 78.9 Å². The minimum Gasteiger partial charge on any atom is -0.443 e. The average Bonchev–Trinajstić information content (AvgIpc) is 3.16. The van der Waals surface area contributed by atoms with E-state index in [0.717, 1.165) is 28.1 Å². The molecule has 1 amide bonds. The second-order valence-electron chi connectivity index (χ2n) is 9.48. The molecule has 5 nitrogen and oxygen atoms in total. The van der Waals surface area contributed by atoms with Gasteiger partial charge in [-0.3, -0.25) is 9.89 Å². The highest BCUT2D eigenvalue weighted by atomic mass is 16.6. The fraction of sp³-hybridized carbons (Fsp3) is 0.276. The molecule has 0 bridgehead atoms. The highest BCUT2D eigenvalue weighted by Crippen LogP contribution is 2.41. The van der Waals surface area contributed by atoms with Crippen LogP contribution in [0.3, 0.4) is 0 Å². The number of rotatable bonds is 5. The first-order valence-electron chi connectivity index (χ1n) is 11.5. The van der Waals surface area contributed by atoms with Gasteiger partial charge in [-0.25, -0.2) is 4.79 Å². The number of para-hydroxylation sites is 1. The number of hydrogen-bond acceptors (Lipinski definition) is 4. The largest absolute Gasteiger partial charge is 0.443 e. The number of carbonyl (C=O) groups excluding carboxylic acids is 1. The standard InChI is InChI=1S/C29H29N3O2/c1-28(2,3)34-27(33)32-25-17-11-10-16-24(25)20-29(32,21-30)18-19-31-26(22-12-6-4-7-13-22)23-14-8-5-9-15-23/h4-17H,18-20H2,1-3H3. The lowest BCUT2D eigenvalue weighted by atomic mass is 9.92. The number of benzene rings is 3. The first-order chi connectivity index (χ1) is 16.3. The molecule has 0 saturated heterocycles. The Hall–Kier alpha value is -3.91. The molecule has 0 aliphatic carbocycles. The van der Waals surface area contributed by atoms with Crippen LogP contribution in [0.5, 0.6) is 0 Å². The number of nitriles is 1. The lowest BCUT2D eigenvalue weighted by Gasteiger charge is -2.34. The number of hydrogen-bond donors (Lipinski definition) is 0. The monoisotopic (exact) mass is 451 g/mol. The molecule has 5 heteroatoms. The van der Waals surface area contributed by atoms with E-state index < -0.39 is 17.2 Å². The van der Waals surface area contributed by atoms with Crippen LogP contribution in [0, 0.1) is 11.3 Å². The molecule has 172 valence electrons. The van der Waals surface area contributed by atoms with Gasteiger partial charge in [0, 0.05) is 30.5 Å². The normalized spacial score (nSPS) is 16.9. The van der Waals surface area contributed by atoms with Gasteiger partial charge in [-0.05, 0) is 32.4 Å². The Morgan fingerprint density at radius 3 is 2.09 bits per heavy atom. The summed E-state index contributed by atoms with van der Waals surface area (Å²) in [4.78, 5) is 19.7. The van der Waals surface area contributed by atoms with Crippen molar-refractivity contribution in [3.05, 3.63) is 102 Å². The van der Waals surface area contributed by atoms with E-state index in [1.54, 1.807) is 0 Å². The quantitative estimate of drug-likeness (QED) is 0.436. The summed E-state index contributed by atoms with van der Waals surface area (Å²) in [6.45, 7) is 5.88. The van der Waals surface area contributed by atoms with Gasteiger partial charge in [0.1, 0.15) is 11.1 Å². The lowest BCUT2D eigenvalue weighted by Crippen LogP contribution is -2.51. The average molecular weight is 452 g/mol. The van der Waals surface area contributed by atoms with Gasteiger partial charge >= 0.3 is 6.09 Å². The molecule has 0 N–H and O–H groups in total. The number of ether oxygens (including phenoxy) is 1. The second kappa shape index (κ2) is 9.52. The summed E-state index contributed by atoms with van der Waals surface area (Å²) in [5, 5.41) is 10.4. The van der Waals surface area contributed by atoms with Crippen LogP contribution in [0.4, 0.5) is 10.5 Å². The van der Waals surface area contributed by atoms with E-state index in [9.17, 15) is 10.1 Å². The predicted molar refractivity (Wildman–Crippen MR) is 135 cm³/mol. The summed E-state index contributed by atoms with van der Waals surface area (Å²) in [6, 6.07) is 30.1. The van der Waals surface area contributed by atoms with Gasteiger partial charge in [0.25, 0.3) is 0 Å². The number of amides is 1. The Labute approximate surface area is 201 Å². The Kier molecular flexibility index (Phi) is 6.51. The highest BCUT2D eigenvalue weighted by Gasteiger charge is 2.48. The molecule has 3 aromatic carbocycles. The van der Waals surface area contributed by atoms with Gasteiger partial charge in [-0.15, -0.1) is 0 Å². The first kappa shape index (κ1) is 23.3. The van der Waals surface area contributed by atoms with Crippen molar-refractivity contribution in [2.45, 2.75) is 44.8 Å². The van der Waals surface area contributed by atoms with E-state index >= 15 is 0 Å². The molecule has 34 heavy (non-hydrogen) atoms. The van der Waals surface area contributed by atoms with Crippen LogP contribution in [0.25, 0.3) is 0 Å². The maximum absolute atomic E-state index is 13.3. The van der Waals surface area contributed by atoms with Crippen LogP contribution in [0.1, 0.15) is 43.9 Å². The molecule has 1 aliphatic heterocycles. The number of carbonyl (C=O) groups is 1. The predicted octanol–water partition coefficient (Wildman–Crippen LogP) is 6.17. The minimum absolute atomic E-state index is 0.389. The van der Waals surface area contributed by atoms with Gasteiger partial charge in [-0.2, -0.15) is 5.26 Å². The molecule has 1 aliphatic rings. The molecular weight excluding hydrogens is 422 g/mol. The Morgan fingerprint density at radius 2 is 1.53 bits per heavy atom. The third kappa shape index (κ3) is 4.87. The summed E-state index contributed by atoms with van der Waals surface area (Å²) < 4.78 is 5.70. The number of aliphatic imine (C=N–C) groups is 1. The molecular formula is C29H29N3O2. The SMILES string of the molecule is CC(C)(C)OC(=O)N1c2ccccc2CC1(C#N)CCN=C(c1ccccc1)c1ccccc1. The maximum Gasteiger partial charge on any atom is 0.416 e. The van der Waals surface area contributed by atoms with E-state index in [2.05, 4.69) is 6.07 Å². The summed E-state index contributed by atoms with van der Waals surface area (Å²) in [5.41, 5.74) is 2.86. The molecule has 1 unspecified atom stereocenters. The van der Waals surface area contributed by atoms with Crippen molar-refractivity contribution < 1.29 is 9.53 Å². The van der Waals surface area contributed by atoms with Crippen LogP contribution >= 0.6 is 0 Å². The smallest absolute Gasteiger partial charge is 0.416 e. The van der Waals surface area contributed by atoms with Gasteiger partial charge in [0.2, 0.25) is 0 Å². The number of nitrogens with zero attached hydrogens (tertiary/aromatic N) is 3. The van der Waals surface area contributed by atoms with Gasteiger partial charge in [0.05, 0.1) is 17.5 Å². The van der Waals surface area contributed by atoms with E-state index in [4.69, 9.17) is 9.73 Å². The molecule has 0 saturated carbocycles. The van der Waals surface area contributed by atoms with Crippen molar-refractivity contribution in [3.63, 3.8) is 0 Å². The van der Waals surface area contributed by atoms with E-state index in [-0.39, 0.29) is 0 Å². The number of fused-ring (bicyclic) bond motifs is 1. The first-order valence-corrected chi connectivity index (χ1v) is 11.5. The molecule has 4 rings (SSSR count). The Bertz CT molecular complexity index is 1180. The van der Waals surface area contributed by atoms with Crippen molar-refractivity contribution in [1.29, 1.82) is 5.26 Å². The zero-order valence-corrected chi connectivity index (χ0v) is 19.9. The van der Waals surface area contributed by atoms with Crippen molar-refractivity contribution in [1.82, 2.24) is 0 Å². The zero-order chi connectivity index (χ0) is 24.2. The molecule has 1 heterocycles. The Balaban J connectivity index is 1.67. The molecule has 0 fully saturated rings. The summed E-state index contributed by atoms with van der Waals surface area (Å²) in [7, 11) is 0.